The van der Waals surface area contributed by atoms with Crippen molar-refractivity contribution in [2.24, 2.45) is 0 Å². The summed E-state index contributed by atoms with van der Waals surface area (Å²) >= 11 is 0. The Morgan fingerprint density at radius 3 is 1.33 bits per heavy atom. The minimum atomic E-state index is -1.34. The Morgan fingerprint density at radius 1 is 0.583 bits per heavy atom. The Kier molecular flexibility index (Phi) is 6.69. The molecule has 4 unspecified atom stereocenters. The van der Waals surface area contributed by atoms with Crippen LogP contribution in [-0.4, -0.2) is 60.9 Å². The second-order valence-electron chi connectivity index (χ2n) is 4.98. The highest BCUT2D eigenvalue weighted by Crippen LogP contribution is 2.07. The second kappa shape index (κ2) is 8.27. The molecule has 10 heteroatoms. The third kappa shape index (κ3) is 5.52. The van der Waals surface area contributed by atoms with Gasteiger partial charge < -0.3 is 23.7 Å². The number of ether oxygens (including phenoxy) is 5. The molecule has 4 atom stereocenters. The van der Waals surface area contributed by atoms with Gasteiger partial charge in [-0.15, -0.1) is 0 Å². The molecule has 1 rings (SSSR count). The molecule has 0 aromatic heterocycles. The van der Waals surface area contributed by atoms with Gasteiger partial charge >= 0.3 is 29.8 Å². The Balaban J connectivity index is 2.92. The van der Waals surface area contributed by atoms with Gasteiger partial charge in [0.25, 0.3) is 0 Å². The molecular formula is C14H18O10. The maximum absolute atomic E-state index is 11.8. The highest BCUT2D eigenvalue weighted by molar-refractivity contribution is 5.87. The number of cyclic esters (lactones) is 5. The summed E-state index contributed by atoms with van der Waals surface area (Å²) in [6.07, 6.45) is -5.34. The molecule has 1 aliphatic heterocycles. The van der Waals surface area contributed by atoms with Crippen LogP contribution in [-0.2, 0) is 47.7 Å². The van der Waals surface area contributed by atoms with Crippen LogP contribution in [0, 0.1) is 0 Å². The third-order valence-corrected chi connectivity index (χ3v) is 2.85. The molecule has 0 spiro atoms. The van der Waals surface area contributed by atoms with Crippen LogP contribution in [0.4, 0.5) is 0 Å². The van der Waals surface area contributed by atoms with Crippen molar-refractivity contribution in [2.75, 3.05) is 6.61 Å². The predicted octanol–water partition coefficient (Wildman–Crippen LogP) is -0.730. The van der Waals surface area contributed by atoms with Crippen LogP contribution in [0.2, 0.25) is 0 Å². The Hall–Kier alpha value is -2.65. The molecule has 0 bridgehead atoms. The lowest BCUT2D eigenvalue weighted by molar-refractivity contribution is -0.182. The van der Waals surface area contributed by atoms with Crippen molar-refractivity contribution in [1.82, 2.24) is 0 Å². The SMILES string of the molecule is CC1OC(=O)COC(=O)C(C)OC(=O)C(C)OC(=O)C(C)OC1=O. The van der Waals surface area contributed by atoms with Crippen LogP contribution in [0.5, 0.6) is 0 Å². The molecule has 1 saturated heterocycles. The number of esters is 5. The number of carbonyl (C=O) groups is 5. The number of hydrogen-bond donors (Lipinski definition) is 0. The summed E-state index contributed by atoms with van der Waals surface area (Å²) in [7, 11) is 0. The van der Waals surface area contributed by atoms with Crippen LogP contribution in [0.25, 0.3) is 0 Å². The van der Waals surface area contributed by atoms with Gasteiger partial charge in [0.2, 0.25) is 0 Å². The van der Waals surface area contributed by atoms with Gasteiger partial charge in [-0.1, -0.05) is 0 Å². The molecule has 10 nitrogen and oxygen atoms in total. The molecule has 134 valence electrons. The third-order valence-electron chi connectivity index (χ3n) is 2.85. The molecule has 1 fully saturated rings. The van der Waals surface area contributed by atoms with Gasteiger partial charge in [0.1, 0.15) is 0 Å². The molecule has 1 aliphatic rings. The molecule has 0 aromatic rings. The lowest BCUT2D eigenvalue weighted by Crippen LogP contribution is -2.36. The summed E-state index contributed by atoms with van der Waals surface area (Å²) in [6, 6.07) is 0. The molecule has 0 aromatic carbocycles. The average Bonchev–Trinajstić information content (AvgIpc) is 2.50. The van der Waals surface area contributed by atoms with Gasteiger partial charge in [0.05, 0.1) is 0 Å². The molecular weight excluding hydrogens is 328 g/mol. The molecule has 0 N–H and O–H groups in total. The van der Waals surface area contributed by atoms with Gasteiger partial charge in [-0.3, -0.25) is 0 Å². The normalized spacial score (nSPS) is 30.8. The summed E-state index contributed by atoms with van der Waals surface area (Å²) < 4.78 is 23.6. The first-order chi connectivity index (χ1) is 11.1. The van der Waals surface area contributed by atoms with Crippen molar-refractivity contribution < 1.29 is 47.7 Å². The predicted molar refractivity (Wildman–Crippen MR) is 73.2 cm³/mol. The topological polar surface area (TPSA) is 132 Å². The van der Waals surface area contributed by atoms with Crippen molar-refractivity contribution in [3.05, 3.63) is 0 Å². The molecule has 0 saturated carbocycles. The van der Waals surface area contributed by atoms with Gasteiger partial charge in [-0.25, -0.2) is 24.0 Å². The zero-order chi connectivity index (χ0) is 18.4. The molecule has 1 heterocycles. The summed E-state index contributed by atoms with van der Waals surface area (Å²) in [4.78, 5) is 58.3. The quantitative estimate of drug-likeness (QED) is 0.408. The lowest BCUT2D eigenvalue weighted by atomic mass is 10.3. The van der Waals surface area contributed by atoms with E-state index >= 15 is 0 Å². The maximum Gasteiger partial charge on any atom is 0.347 e. The van der Waals surface area contributed by atoms with E-state index in [1.165, 1.54) is 27.7 Å². The largest absolute Gasteiger partial charge is 0.451 e. The van der Waals surface area contributed by atoms with E-state index in [0.29, 0.717) is 0 Å². The van der Waals surface area contributed by atoms with Gasteiger partial charge in [-0.05, 0) is 27.7 Å². The molecule has 24 heavy (non-hydrogen) atoms. The highest BCUT2D eigenvalue weighted by atomic mass is 16.7. The fourth-order valence-corrected chi connectivity index (χ4v) is 1.48. The highest BCUT2D eigenvalue weighted by Gasteiger charge is 2.31. The van der Waals surface area contributed by atoms with Crippen molar-refractivity contribution in [2.45, 2.75) is 52.1 Å². The van der Waals surface area contributed by atoms with Crippen LogP contribution < -0.4 is 0 Å². The average molecular weight is 346 g/mol. The summed E-state index contributed by atoms with van der Waals surface area (Å²) in [5.74, 6) is -5.02. The summed E-state index contributed by atoms with van der Waals surface area (Å²) in [5, 5.41) is 0. The van der Waals surface area contributed by atoms with Crippen LogP contribution in [0.1, 0.15) is 27.7 Å². The zero-order valence-electron chi connectivity index (χ0n) is 13.6. The first-order valence-corrected chi connectivity index (χ1v) is 7.09. The number of rotatable bonds is 0. The molecule has 0 amide bonds. The Bertz CT molecular complexity index is 540. The van der Waals surface area contributed by atoms with E-state index in [1.807, 2.05) is 0 Å². The van der Waals surface area contributed by atoms with Crippen LogP contribution in [0.3, 0.4) is 0 Å². The first-order valence-electron chi connectivity index (χ1n) is 7.09. The zero-order valence-corrected chi connectivity index (χ0v) is 13.6. The molecule has 0 aliphatic carbocycles. The van der Waals surface area contributed by atoms with E-state index in [9.17, 15) is 24.0 Å². The van der Waals surface area contributed by atoms with Crippen molar-refractivity contribution >= 4 is 29.8 Å². The fourth-order valence-electron chi connectivity index (χ4n) is 1.48. The Morgan fingerprint density at radius 2 is 0.917 bits per heavy atom. The summed E-state index contributed by atoms with van der Waals surface area (Å²) in [6.45, 7) is 4.10. The standard InChI is InChI=1S/C14H18O10/c1-6-11(16)20-5-10(15)21-7(2)12(17)23-9(4)14(19)24-8(3)13(18)22-6/h6-9H,5H2,1-4H3. The number of carbonyl (C=O) groups excluding carboxylic acids is 5. The van der Waals surface area contributed by atoms with Gasteiger partial charge in [0.15, 0.2) is 31.0 Å². The minimum Gasteiger partial charge on any atom is -0.451 e. The van der Waals surface area contributed by atoms with Gasteiger partial charge in [-0.2, -0.15) is 0 Å². The summed E-state index contributed by atoms with van der Waals surface area (Å²) in [5.41, 5.74) is 0. The lowest BCUT2D eigenvalue weighted by Gasteiger charge is -2.18. The van der Waals surface area contributed by atoms with E-state index < -0.39 is 60.9 Å². The fraction of sp³-hybridized carbons (Fsp3) is 0.643. The smallest absolute Gasteiger partial charge is 0.347 e. The minimum absolute atomic E-state index is 0.779. The maximum atomic E-state index is 11.8. The van der Waals surface area contributed by atoms with E-state index in [2.05, 4.69) is 4.74 Å². The van der Waals surface area contributed by atoms with Crippen LogP contribution >= 0.6 is 0 Å². The van der Waals surface area contributed by atoms with E-state index in [-0.39, 0.29) is 0 Å². The Labute approximate surface area is 137 Å². The van der Waals surface area contributed by atoms with E-state index in [1.54, 1.807) is 0 Å². The van der Waals surface area contributed by atoms with Crippen molar-refractivity contribution in [1.29, 1.82) is 0 Å². The van der Waals surface area contributed by atoms with Crippen molar-refractivity contribution in [3.63, 3.8) is 0 Å². The first kappa shape index (κ1) is 19.4. The van der Waals surface area contributed by atoms with Crippen LogP contribution in [0.15, 0.2) is 0 Å². The monoisotopic (exact) mass is 346 g/mol. The van der Waals surface area contributed by atoms with E-state index in [4.69, 9.17) is 18.9 Å². The number of hydrogen-bond acceptors (Lipinski definition) is 10. The van der Waals surface area contributed by atoms with Gasteiger partial charge in [0, 0.05) is 0 Å². The molecule has 0 radical (unpaired) electrons. The van der Waals surface area contributed by atoms with E-state index in [0.717, 1.165) is 0 Å². The van der Waals surface area contributed by atoms with Crippen molar-refractivity contribution in [3.8, 4) is 0 Å². The second-order valence-corrected chi connectivity index (χ2v) is 4.98.